The lowest BCUT2D eigenvalue weighted by molar-refractivity contribution is 0.411. The average molecular weight is 321 g/mol. The number of nitrogens with zero attached hydrogens (tertiary/aromatic N) is 1. The van der Waals surface area contributed by atoms with Crippen LogP contribution in [0.25, 0.3) is 11.3 Å². The van der Waals surface area contributed by atoms with Crippen molar-refractivity contribution in [3.63, 3.8) is 0 Å². The first kappa shape index (κ1) is 14.4. The summed E-state index contributed by atoms with van der Waals surface area (Å²) in [5, 5.41) is 4.82. The van der Waals surface area contributed by atoms with Crippen molar-refractivity contribution in [1.29, 1.82) is 0 Å². The summed E-state index contributed by atoms with van der Waals surface area (Å²) in [6, 6.07) is 12.2. The van der Waals surface area contributed by atoms with E-state index in [1.54, 1.807) is 0 Å². The van der Waals surface area contributed by atoms with Crippen molar-refractivity contribution >= 4 is 28.9 Å². The van der Waals surface area contributed by atoms with Crippen molar-refractivity contribution in [2.45, 2.75) is 25.4 Å². The molecule has 0 unspecified atom stereocenters. The van der Waals surface area contributed by atoms with Crippen LogP contribution < -0.4 is 5.32 Å². The van der Waals surface area contributed by atoms with Crippen LogP contribution in [0.5, 0.6) is 0 Å². The molecule has 1 aromatic heterocycles. The topological polar surface area (TPSA) is 28.4 Å². The second-order valence-electron chi connectivity index (χ2n) is 5.35. The minimum atomic E-state index is 0.571. The fraction of sp³-hybridized carbons (Fsp3) is 0.312. The standard InChI is InChI=1S/C16H17ClN2OS/c1-19(16(21)18-13-6-7-13)10-14-8-9-15(20-14)11-2-4-12(17)5-3-11/h2-5,8-9,13H,6-7,10H2,1H3,(H,18,21). The summed E-state index contributed by atoms with van der Waals surface area (Å²) in [4.78, 5) is 2.00. The molecule has 21 heavy (non-hydrogen) atoms. The number of hydrogen-bond acceptors (Lipinski definition) is 2. The molecule has 0 amide bonds. The fourth-order valence-corrected chi connectivity index (χ4v) is 2.41. The Labute approximate surface area is 134 Å². The molecule has 110 valence electrons. The molecule has 0 spiro atoms. The molecule has 3 nitrogen and oxygen atoms in total. The molecule has 2 aromatic rings. The highest BCUT2D eigenvalue weighted by atomic mass is 35.5. The van der Waals surface area contributed by atoms with Gasteiger partial charge in [0.05, 0.1) is 6.54 Å². The van der Waals surface area contributed by atoms with E-state index in [1.165, 1.54) is 12.8 Å². The van der Waals surface area contributed by atoms with Crippen LogP contribution in [0.1, 0.15) is 18.6 Å². The maximum atomic E-state index is 5.90. The second kappa shape index (κ2) is 6.08. The van der Waals surface area contributed by atoms with Crippen molar-refractivity contribution in [1.82, 2.24) is 10.2 Å². The number of furan rings is 1. The molecule has 1 aromatic carbocycles. The van der Waals surface area contributed by atoms with Crippen molar-refractivity contribution in [2.24, 2.45) is 0 Å². The summed E-state index contributed by atoms with van der Waals surface area (Å²) in [7, 11) is 1.97. The highest BCUT2D eigenvalue weighted by Gasteiger charge is 2.23. The smallest absolute Gasteiger partial charge is 0.169 e. The fourth-order valence-electron chi connectivity index (χ4n) is 2.05. The zero-order chi connectivity index (χ0) is 14.8. The average Bonchev–Trinajstić information content (AvgIpc) is 3.16. The Morgan fingerprint density at radius 1 is 1.29 bits per heavy atom. The molecule has 0 atom stereocenters. The predicted molar refractivity (Wildman–Crippen MR) is 89.4 cm³/mol. The number of benzene rings is 1. The highest BCUT2D eigenvalue weighted by molar-refractivity contribution is 7.80. The Morgan fingerprint density at radius 3 is 2.67 bits per heavy atom. The van der Waals surface area contributed by atoms with Crippen molar-refractivity contribution in [2.75, 3.05) is 7.05 Å². The Morgan fingerprint density at radius 2 is 2.00 bits per heavy atom. The zero-order valence-electron chi connectivity index (χ0n) is 11.8. The SMILES string of the molecule is CN(Cc1ccc(-c2ccc(Cl)cc2)o1)C(=S)NC1CC1. The van der Waals surface area contributed by atoms with Gasteiger partial charge < -0.3 is 14.6 Å². The van der Waals surface area contributed by atoms with Crippen LogP contribution in [0.3, 0.4) is 0 Å². The van der Waals surface area contributed by atoms with Gasteiger partial charge in [-0.2, -0.15) is 0 Å². The summed E-state index contributed by atoms with van der Waals surface area (Å²) in [5.74, 6) is 1.73. The van der Waals surface area contributed by atoms with Crippen LogP contribution in [0.15, 0.2) is 40.8 Å². The van der Waals surface area contributed by atoms with Crippen LogP contribution >= 0.6 is 23.8 Å². The molecule has 0 saturated heterocycles. The Kier molecular flexibility index (Phi) is 4.17. The van der Waals surface area contributed by atoms with E-state index in [0.29, 0.717) is 12.6 Å². The van der Waals surface area contributed by atoms with Crippen molar-refractivity contribution in [3.05, 3.63) is 47.2 Å². The number of rotatable bonds is 4. The zero-order valence-corrected chi connectivity index (χ0v) is 13.4. The summed E-state index contributed by atoms with van der Waals surface area (Å²) in [6.07, 6.45) is 2.44. The van der Waals surface area contributed by atoms with Crippen LogP contribution in [0.2, 0.25) is 5.02 Å². The molecule has 1 heterocycles. The van der Waals surface area contributed by atoms with E-state index in [1.807, 2.05) is 48.3 Å². The predicted octanol–water partition coefficient (Wildman–Crippen LogP) is 4.07. The van der Waals surface area contributed by atoms with Gasteiger partial charge in [-0.05, 0) is 61.5 Å². The van der Waals surface area contributed by atoms with Gasteiger partial charge in [-0.15, -0.1) is 0 Å². The van der Waals surface area contributed by atoms with Gasteiger partial charge in [0.25, 0.3) is 0 Å². The minimum absolute atomic E-state index is 0.571. The summed E-state index contributed by atoms with van der Waals surface area (Å²) < 4.78 is 5.88. The maximum Gasteiger partial charge on any atom is 0.169 e. The first-order chi connectivity index (χ1) is 10.1. The molecule has 0 aliphatic heterocycles. The molecule has 1 N–H and O–H groups in total. The second-order valence-corrected chi connectivity index (χ2v) is 6.18. The van der Waals surface area contributed by atoms with E-state index in [2.05, 4.69) is 5.32 Å². The maximum absolute atomic E-state index is 5.90. The summed E-state index contributed by atoms with van der Waals surface area (Å²) >= 11 is 11.3. The summed E-state index contributed by atoms with van der Waals surface area (Å²) in [5.41, 5.74) is 1.02. The van der Waals surface area contributed by atoms with E-state index in [-0.39, 0.29) is 0 Å². The van der Waals surface area contributed by atoms with Gasteiger partial charge in [-0.1, -0.05) is 11.6 Å². The van der Waals surface area contributed by atoms with Crippen LogP contribution in [0, 0.1) is 0 Å². The monoisotopic (exact) mass is 320 g/mol. The molecule has 0 radical (unpaired) electrons. The molecular weight excluding hydrogens is 304 g/mol. The molecule has 5 heteroatoms. The van der Waals surface area contributed by atoms with Crippen LogP contribution in [-0.4, -0.2) is 23.1 Å². The van der Waals surface area contributed by atoms with Crippen molar-refractivity contribution in [3.8, 4) is 11.3 Å². The van der Waals surface area contributed by atoms with Gasteiger partial charge in [-0.3, -0.25) is 0 Å². The number of hydrogen-bond donors (Lipinski definition) is 1. The largest absolute Gasteiger partial charge is 0.459 e. The first-order valence-corrected chi connectivity index (χ1v) is 7.77. The Bertz CT molecular complexity index is 634. The van der Waals surface area contributed by atoms with E-state index in [9.17, 15) is 0 Å². The van der Waals surface area contributed by atoms with E-state index >= 15 is 0 Å². The lowest BCUT2D eigenvalue weighted by Crippen LogP contribution is -2.37. The van der Waals surface area contributed by atoms with Gasteiger partial charge >= 0.3 is 0 Å². The third-order valence-electron chi connectivity index (χ3n) is 3.44. The Hall–Kier alpha value is -1.52. The normalized spacial score (nSPS) is 14.0. The van der Waals surface area contributed by atoms with Gasteiger partial charge in [0, 0.05) is 23.7 Å². The molecule has 1 fully saturated rings. The first-order valence-electron chi connectivity index (χ1n) is 6.98. The third-order valence-corrected chi connectivity index (χ3v) is 4.12. The molecule has 1 saturated carbocycles. The van der Waals surface area contributed by atoms with Gasteiger partial charge in [0.15, 0.2) is 5.11 Å². The highest BCUT2D eigenvalue weighted by Crippen LogP contribution is 2.24. The molecule has 0 bridgehead atoms. The van der Waals surface area contributed by atoms with Gasteiger partial charge in [-0.25, -0.2) is 0 Å². The molecular formula is C16H17ClN2OS. The Balaban J connectivity index is 1.64. The molecule has 3 rings (SSSR count). The molecule has 1 aliphatic carbocycles. The third kappa shape index (κ3) is 3.77. The van der Waals surface area contributed by atoms with E-state index in [0.717, 1.165) is 27.2 Å². The number of halogens is 1. The quantitative estimate of drug-likeness (QED) is 0.860. The van der Waals surface area contributed by atoms with Crippen molar-refractivity contribution < 1.29 is 4.42 Å². The number of thiocarbonyl (C=S) groups is 1. The number of nitrogens with one attached hydrogen (secondary N) is 1. The lowest BCUT2D eigenvalue weighted by atomic mass is 10.2. The minimum Gasteiger partial charge on any atom is -0.459 e. The van der Waals surface area contributed by atoms with Crippen LogP contribution in [0.4, 0.5) is 0 Å². The lowest BCUT2D eigenvalue weighted by Gasteiger charge is -2.19. The summed E-state index contributed by atoms with van der Waals surface area (Å²) in [6.45, 7) is 0.659. The van der Waals surface area contributed by atoms with E-state index < -0.39 is 0 Å². The van der Waals surface area contributed by atoms with Crippen LogP contribution in [-0.2, 0) is 6.54 Å². The van der Waals surface area contributed by atoms with Gasteiger partial charge in [0.2, 0.25) is 0 Å². The molecule has 1 aliphatic rings. The van der Waals surface area contributed by atoms with E-state index in [4.69, 9.17) is 28.2 Å². The van der Waals surface area contributed by atoms with Gasteiger partial charge in [0.1, 0.15) is 11.5 Å².